The van der Waals surface area contributed by atoms with E-state index >= 15 is 0 Å². The van der Waals surface area contributed by atoms with Crippen molar-refractivity contribution in [1.29, 1.82) is 0 Å². The Kier molecular flexibility index (Phi) is 4.01. The van der Waals surface area contributed by atoms with Gasteiger partial charge in [-0.2, -0.15) is 0 Å². The molecule has 1 unspecified atom stereocenters. The molecule has 1 aromatic rings. The molecule has 1 aliphatic carbocycles. The van der Waals surface area contributed by atoms with Crippen molar-refractivity contribution >= 4 is 5.97 Å². The van der Waals surface area contributed by atoms with Crippen molar-refractivity contribution in [2.45, 2.75) is 38.8 Å². The Hall–Kier alpha value is -1.36. The Labute approximate surface area is 108 Å². The topological polar surface area (TPSA) is 56.2 Å². The Morgan fingerprint density at radius 1 is 1.56 bits per heavy atom. The summed E-state index contributed by atoms with van der Waals surface area (Å²) in [7, 11) is 0. The molecule has 5 heteroatoms. The van der Waals surface area contributed by atoms with Gasteiger partial charge in [0.1, 0.15) is 5.54 Å². The first-order chi connectivity index (χ1) is 8.73. The molecule has 1 saturated carbocycles. The smallest absolute Gasteiger partial charge is 0.328 e. The fourth-order valence-corrected chi connectivity index (χ4v) is 2.45. The maximum atomic E-state index is 12.3. The van der Waals surface area contributed by atoms with Gasteiger partial charge in [-0.05, 0) is 32.2 Å². The van der Waals surface area contributed by atoms with E-state index in [9.17, 15) is 4.79 Å². The zero-order chi connectivity index (χ0) is 13.0. The summed E-state index contributed by atoms with van der Waals surface area (Å²) in [4.78, 5) is 16.4. The lowest BCUT2D eigenvalue weighted by molar-refractivity contribution is -0.153. The van der Waals surface area contributed by atoms with Crippen LogP contribution in [0.2, 0.25) is 0 Å². The fourth-order valence-electron chi connectivity index (χ4n) is 2.45. The Bertz CT molecular complexity index is 387. The molecule has 1 aliphatic rings. The van der Waals surface area contributed by atoms with Gasteiger partial charge in [0.2, 0.25) is 0 Å². The molecule has 18 heavy (non-hydrogen) atoms. The van der Waals surface area contributed by atoms with Gasteiger partial charge in [0.05, 0.1) is 19.5 Å². The number of rotatable bonds is 7. The molecule has 0 bridgehead atoms. The van der Waals surface area contributed by atoms with E-state index in [1.807, 2.05) is 24.6 Å². The van der Waals surface area contributed by atoms with E-state index in [0.717, 1.165) is 19.4 Å². The highest BCUT2D eigenvalue weighted by atomic mass is 16.5. The molecular weight excluding hydrogens is 230 g/mol. The molecule has 0 saturated heterocycles. The van der Waals surface area contributed by atoms with Crippen LogP contribution in [0.5, 0.6) is 0 Å². The van der Waals surface area contributed by atoms with Crippen LogP contribution in [0, 0.1) is 5.92 Å². The molecule has 0 radical (unpaired) electrons. The number of carbonyl (C=O) groups is 1. The Morgan fingerprint density at radius 3 is 2.83 bits per heavy atom. The summed E-state index contributed by atoms with van der Waals surface area (Å²) in [5.74, 6) is 0.238. The van der Waals surface area contributed by atoms with Crippen molar-refractivity contribution in [2.75, 3.05) is 13.2 Å². The number of esters is 1. The van der Waals surface area contributed by atoms with Crippen LogP contribution >= 0.6 is 0 Å². The number of hydrogen-bond acceptors (Lipinski definition) is 4. The quantitative estimate of drug-likeness (QED) is 0.740. The van der Waals surface area contributed by atoms with Gasteiger partial charge in [0.15, 0.2) is 0 Å². The van der Waals surface area contributed by atoms with Crippen LogP contribution in [0.15, 0.2) is 18.7 Å². The lowest BCUT2D eigenvalue weighted by atomic mass is 9.92. The van der Waals surface area contributed by atoms with E-state index in [2.05, 4.69) is 10.3 Å². The predicted molar refractivity (Wildman–Crippen MR) is 68.0 cm³/mol. The van der Waals surface area contributed by atoms with Crippen LogP contribution in [-0.4, -0.2) is 34.2 Å². The first-order valence-electron chi connectivity index (χ1n) is 6.61. The van der Waals surface area contributed by atoms with Crippen LogP contribution in [-0.2, 0) is 16.1 Å². The van der Waals surface area contributed by atoms with Crippen LogP contribution in [0.3, 0.4) is 0 Å². The molecular formula is C13H21N3O2. The average molecular weight is 251 g/mol. The summed E-state index contributed by atoms with van der Waals surface area (Å²) < 4.78 is 7.22. The van der Waals surface area contributed by atoms with E-state index in [1.165, 1.54) is 0 Å². The van der Waals surface area contributed by atoms with Gasteiger partial charge in [-0.3, -0.25) is 0 Å². The summed E-state index contributed by atoms with van der Waals surface area (Å²) in [6, 6.07) is 0. The average Bonchev–Trinajstić information content (AvgIpc) is 3.09. The molecule has 0 spiro atoms. The van der Waals surface area contributed by atoms with Crippen molar-refractivity contribution in [1.82, 2.24) is 14.9 Å². The van der Waals surface area contributed by atoms with Crippen LogP contribution in [0.4, 0.5) is 0 Å². The molecule has 5 nitrogen and oxygen atoms in total. The molecule has 2 rings (SSSR count). The maximum Gasteiger partial charge on any atom is 0.328 e. The van der Waals surface area contributed by atoms with Gasteiger partial charge in [-0.1, -0.05) is 6.92 Å². The van der Waals surface area contributed by atoms with Gasteiger partial charge in [0, 0.05) is 12.4 Å². The second kappa shape index (κ2) is 5.52. The van der Waals surface area contributed by atoms with Crippen LogP contribution in [0.25, 0.3) is 0 Å². The van der Waals surface area contributed by atoms with Crippen molar-refractivity contribution in [3.63, 3.8) is 0 Å². The maximum absolute atomic E-state index is 12.3. The SMILES string of the molecule is CCNC(Cn1ccnc1)(C(=O)OCC)C1CC1. The number of ether oxygens (including phenoxy) is 1. The minimum absolute atomic E-state index is 0.136. The van der Waals surface area contributed by atoms with E-state index < -0.39 is 5.54 Å². The highest BCUT2D eigenvalue weighted by Crippen LogP contribution is 2.41. The summed E-state index contributed by atoms with van der Waals surface area (Å²) in [5.41, 5.74) is -0.592. The van der Waals surface area contributed by atoms with Gasteiger partial charge < -0.3 is 14.6 Å². The van der Waals surface area contributed by atoms with E-state index in [0.29, 0.717) is 19.1 Å². The predicted octanol–water partition coefficient (Wildman–Crippen LogP) is 1.20. The zero-order valence-electron chi connectivity index (χ0n) is 11.1. The normalized spacial score (nSPS) is 18.3. The number of nitrogens with one attached hydrogen (secondary N) is 1. The highest BCUT2D eigenvalue weighted by Gasteiger charge is 2.51. The molecule has 1 aromatic heterocycles. The molecule has 1 fully saturated rings. The number of aromatic nitrogens is 2. The third kappa shape index (κ3) is 2.56. The number of nitrogens with zero attached hydrogens (tertiary/aromatic N) is 2. The van der Waals surface area contributed by atoms with E-state index in [4.69, 9.17) is 4.74 Å². The van der Waals surface area contributed by atoms with Crippen LogP contribution in [0.1, 0.15) is 26.7 Å². The van der Waals surface area contributed by atoms with Gasteiger partial charge in [-0.15, -0.1) is 0 Å². The molecule has 0 aliphatic heterocycles. The summed E-state index contributed by atoms with van der Waals surface area (Å²) in [6.45, 7) is 5.62. The standard InChI is InChI=1S/C13H21N3O2/c1-3-15-13(11-5-6-11,12(17)18-4-2)9-16-8-7-14-10-16/h7-8,10-11,15H,3-6,9H2,1-2H3. The van der Waals surface area contributed by atoms with Gasteiger partial charge in [0.25, 0.3) is 0 Å². The van der Waals surface area contributed by atoms with Crippen LogP contribution < -0.4 is 5.32 Å². The van der Waals surface area contributed by atoms with Crippen molar-refractivity contribution in [2.24, 2.45) is 5.92 Å². The lowest BCUT2D eigenvalue weighted by Crippen LogP contribution is -2.57. The lowest BCUT2D eigenvalue weighted by Gasteiger charge is -2.32. The van der Waals surface area contributed by atoms with Gasteiger partial charge >= 0.3 is 5.97 Å². The monoisotopic (exact) mass is 251 g/mol. The number of carbonyl (C=O) groups excluding carboxylic acids is 1. The highest BCUT2D eigenvalue weighted by molar-refractivity contribution is 5.81. The minimum atomic E-state index is -0.592. The third-order valence-electron chi connectivity index (χ3n) is 3.40. The Balaban J connectivity index is 2.21. The molecule has 0 aromatic carbocycles. The van der Waals surface area contributed by atoms with E-state index in [-0.39, 0.29) is 5.97 Å². The Morgan fingerprint density at radius 2 is 2.33 bits per heavy atom. The molecule has 1 atom stereocenters. The summed E-state index contributed by atoms with van der Waals surface area (Å²) >= 11 is 0. The largest absolute Gasteiger partial charge is 0.465 e. The summed E-state index contributed by atoms with van der Waals surface area (Å²) in [5, 5.41) is 3.36. The van der Waals surface area contributed by atoms with Crippen molar-refractivity contribution in [3.8, 4) is 0 Å². The number of imidazole rings is 1. The minimum Gasteiger partial charge on any atom is -0.465 e. The molecule has 100 valence electrons. The van der Waals surface area contributed by atoms with Crippen molar-refractivity contribution < 1.29 is 9.53 Å². The number of likely N-dealkylation sites (N-methyl/N-ethyl adjacent to an activating group) is 1. The fraction of sp³-hybridized carbons (Fsp3) is 0.692. The third-order valence-corrected chi connectivity index (χ3v) is 3.40. The van der Waals surface area contributed by atoms with E-state index in [1.54, 1.807) is 12.5 Å². The molecule has 1 heterocycles. The first-order valence-corrected chi connectivity index (χ1v) is 6.61. The van der Waals surface area contributed by atoms with Crippen molar-refractivity contribution in [3.05, 3.63) is 18.7 Å². The zero-order valence-corrected chi connectivity index (χ0v) is 11.1. The second-order valence-electron chi connectivity index (χ2n) is 4.73. The second-order valence-corrected chi connectivity index (χ2v) is 4.73. The first kappa shape index (κ1) is 13.1. The molecule has 0 amide bonds. The number of hydrogen-bond donors (Lipinski definition) is 1. The van der Waals surface area contributed by atoms with Gasteiger partial charge in [-0.25, -0.2) is 9.78 Å². The summed E-state index contributed by atoms with van der Waals surface area (Å²) in [6.07, 6.45) is 7.52. The molecule has 1 N–H and O–H groups in total.